The Labute approximate surface area is 139 Å². The summed E-state index contributed by atoms with van der Waals surface area (Å²) in [6, 6.07) is 2.80. The normalized spacial score (nSPS) is 26.0. The van der Waals surface area contributed by atoms with Crippen LogP contribution in [0.3, 0.4) is 0 Å². The van der Waals surface area contributed by atoms with Crippen molar-refractivity contribution in [3.8, 4) is 6.07 Å². The zero-order valence-corrected chi connectivity index (χ0v) is 13.5. The highest BCUT2D eigenvalue weighted by atomic mass is 19.1. The number of aromatic nitrogens is 1. The lowest BCUT2D eigenvalue weighted by atomic mass is 10.1. The van der Waals surface area contributed by atoms with Crippen LogP contribution >= 0.6 is 0 Å². The number of alkyl halides is 1. The van der Waals surface area contributed by atoms with Gasteiger partial charge in [-0.2, -0.15) is 5.26 Å². The number of halogens is 1. The summed E-state index contributed by atoms with van der Waals surface area (Å²) in [4.78, 5) is 29.9. The molecule has 2 heterocycles. The summed E-state index contributed by atoms with van der Waals surface area (Å²) in [5, 5.41) is 11.7. The second-order valence-electron chi connectivity index (χ2n) is 6.70. The summed E-state index contributed by atoms with van der Waals surface area (Å²) >= 11 is 0. The SMILES string of the molecule is CC1(F)C[C@@H](C#N)N(C(=O)CNC(=O)c2ccncc2C2CC2)C1. The molecule has 0 radical (unpaired) electrons. The van der Waals surface area contributed by atoms with Crippen molar-refractivity contribution in [2.75, 3.05) is 13.1 Å². The van der Waals surface area contributed by atoms with E-state index in [1.165, 1.54) is 11.8 Å². The van der Waals surface area contributed by atoms with Gasteiger partial charge in [0.15, 0.2) is 0 Å². The molecule has 0 bridgehead atoms. The summed E-state index contributed by atoms with van der Waals surface area (Å²) in [5.41, 5.74) is -0.145. The van der Waals surface area contributed by atoms with Crippen molar-refractivity contribution in [2.24, 2.45) is 0 Å². The lowest BCUT2D eigenvalue weighted by molar-refractivity contribution is -0.130. The molecule has 1 aliphatic heterocycles. The minimum Gasteiger partial charge on any atom is -0.343 e. The number of carbonyl (C=O) groups excluding carboxylic acids is 2. The molecule has 1 saturated carbocycles. The van der Waals surface area contributed by atoms with Gasteiger partial charge in [-0.15, -0.1) is 0 Å². The van der Waals surface area contributed by atoms with E-state index in [0.717, 1.165) is 18.4 Å². The molecular formula is C17H19FN4O2. The highest BCUT2D eigenvalue weighted by Gasteiger charge is 2.43. The Kier molecular flexibility index (Phi) is 4.22. The standard InChI is InChI=1S/C17H19FN4O2/c1-17(18)6-12(7-19)22(10-17)15(23)9-21-16(24)13-4-5-20-8-14(13)11-2-3-11/h4-5,8,11-12H,2-3,6,9-10H2,1H3,(H,21,24)/t12-,17?/m0/s1. The van der Waals surface area contributed by atoms with Gasteiger partial charge in [-0.05, 0) is 37.3 Å². The Hall–Kier alpha value is -2.49. The lowest BCUT2D eigenvalue weighted by Crippen LogP contribution is -2.43. The molecular weight excluding hydrogens is 311 g/mol. The van der Waals surface area contributed by atoms with Crippen LogP contribution < -0.4 is 5.32 Å². The van der Waals surface area contributed by atoms with Crippen LogP contribution in [0.5, 0.6) is 0 Å². The first-order valence-corrected chi connectivity index (χ1v) is 8.01. The van der Waals surface area contributed by atoms with Crippen molar-refractivity contribution in [2.45, 2.75) is 43.8 Å². The maximum Gasteiger partial charge on any atom is 0.252 e. The zero-order chi connectivity index (χ0) is 17.3. The van der Waals surface area contributed by atoms with Crippen molar-refractivity contribution in [1.29, 1.82) is 5.26 Å². The molecule has 2 fully saturated rings. The quantitative estimate of drug-likeness (QED) is 0.907. The Balaban J connectivity index is 1.63. The lowest BCUT2D eigenvalue weighted by Gasteiger charge is -2.20. The second-order valence-corrected chi connectivity index (χ2v) is 6.70. The summed E-state index contributed by atoms with van der Waals surface area (Å²) in [6.07, 6.45) is 5.31. The Morgan fingerprint density at radius 1 is 1.54 bits per heavy atom. The molecule has 1 N–H and O–H groups in total. The predicted octanol–water partition coefficient (Wildman–Crippen LogP) is 1.54. The highest BCUT2D eigenvalue weighted by Crippen LogP contribution is 2.41. The van der Waals surface area contributed by atoms with Gasteiger partial charge in [0, 0.05) is 24.4 Å². The summed E-state index contributed by atoms with van der Waals surface area (Å²) in [7, 11) is 0. The van der Waals surface area contributed by atoms with Crippen LogP contribution in [0.2, 0.25) is 0 Å². The molecule has 1 unspecified atom stereocenters. The maximum atomic E-state index is 14.0. The number of amides is 2. The largest absolute Gasteiger partial charge is 0.343 e. The van der Waals surface area contributed by atoms with Crippen LogP contribution in [0, 0.1) is 11.3 Å². The average Bonchev–Trinajstić information content (AvgIpc) is 3.35. The molecule has 24 heavy (non-hydrogen) atoms. The molecule has 2 atom stereocenters. The third-order valence-corrected chi connectivity index (χ3v) is 4.48. The summed E-state index contributed by atoms with van der Waals surface area (Å²) in [5.74, 6) is -0.425. The van der Waals surface area contributed by atoms with E-state index in [0.29, 0.717) is 11.5 Å². The second kappa shape index (κ2) is 6.19. The van der Waals surface area contributed by atoms with Gasteiger partial charge in [0.25, 0.3) is 5.91 Å². The van der Waals surface area contributed by atoms with E-state index in [9.17, 15) is 14.0 Å². The van der Waals surface area contributed by atoms with Crippen LogP contribution in [-0.4, -0.2) is 46.5 Å². The fourth-order valence-corrected chi connectivity index (χ4v) is 3.11. The van der Waals surface area contributed by atoms with Crippen molar-refractivity contribution in [3.05, 3.63) is 29.6 Å². The molecule has 6 nitrogen and oxygen atoms in total. The number of nitriles is 1. The number of rotatable bonds is 4. The first-order chi connectivity index (χ1) is 11.4. The molecule has 1 aliphatic carbocycles. The fourth-order valence-electron chi connectivity index (χ4n) is 3.11. The Morgan fingerprint density at radius 2 is 2.29 bits per heavy atom. The molecule has 0 spiro atoms. The number of pyridine rings is 1. The van der Waals surface area contributed by atoms with E-state index in [1.54, 1.807) is 18.5 Å². The van der Waals surface area contributed by atoms with Gasteiger partial charge in [-0.1, -0.05) is 0 Å². The van der Waals surface area contributed by atoms with Gasteiger partial charge in [0.2, 0.25) is 5.91 Å². The minimum atomic E-state index is -1.57. The minimum absolute atomic E-state index is 0.000626. The van der Waals surface area contributed by atoms with E-state index in [4.69, 9.17) is 5.26 Å². The summed E-state index contributed by atoms with van der Waals surface area (Å²) < 4.78 is 14.0. The van der Waals surface area contributed by atoms with Crippen LogP contribution in [0.15, 0.2) is 18.5 Å². The van der Waals surface area contributed by atoms with E-state index in [-0.39, 0.29) is 25.4 Å². The third kappa shape index (κ3) is 3.37. The van der Waals surface area contributed by atoms with Crippen LogP contribution in [0.25, 0.3) is 0 Å². The van der Waals surface area contributed by atoms with Crippen molar-refractivity contribution in [3.63, 3.8) is 0 Å². The number of nitrogens with one attached hydrogen (secondary N) is 1. The van der Waals surface area contributed by atoms with E-state index >= 15 is 0 Å². The van der Waals surface area contributed by atoms with Gasteiger partial charge >= 0.3 is 0 Å². The molecule has 2 aliphatic rings. The molecule has 1 saturated heterocycles. The smallest absolute Gasteiger partial charge is 0.252 e. The highest BCUT2D eigenvalue weighted by molar-refractivity contribution is 5.98. The number of likely N-dealkylation sites (tertiary alicyclic amines) is 1. The van der Waals surface area contributed by atoms with Crippen LogP contribution in [0.4, 0.5) is 4.39 Å². The van der Waals surface area contributed by atoms with E-state index < -0.39 is 17.6 Å². The van der Waals surface area contributed by atoms with Crippen molar-refractivity contribution >= 4 is 11.8 Å². The Morgan fingerprint density at radius 3 is 2.96 bits per heavy atom. The van der Waals surface area contributed by atoms with E-state index in [1.807, 2.05) is 6.07 Å². The number of carbonyl (C=O) groups is 2. The maximum absolute atomic E-state index is 14.0. The topological polar surface area (TPSA) is 86.1 Å². The number of hydrogen-bond donors (Lipinski definition) is 1. The summed E-state index contributed by atoms with van der Waals surface area (Å²) in [6.45, 7) is 1.00. The monoisotopic (exact) mass is 330 g/mol. The predicted molar refractivity (Wildman–Crippen MR) is 83.8 cm³/mol. The van der Waals surface area contributed by atoms with Crippen molar-refractivity contribution < 1.29 is 14.0 Å². The molecule has 0 aromatic carbocycles. The molecule has 7 heteroatoms. The first-order valence-electron chi connectivity index (χ1n) is 8.01. The van der Waals surface area contributed by atoms with Gasteiger partial charge in [0.05, 0.1) is 19.2 Å². The average molecular weight is 330 g/mol. The molecule has 2 amide bonds. The molecule has 1 aromatic rings. The zero-order valence-electron chi connectivity index (χ0n) is 13.5. The van der Waals surface area contributed by atoms with Crippen molar-refractivity contribution in [1.82, 2.24) is 15.2 Å². The number of hydrogen-bond acceptors (Lipinski definition) is 4. The fraction of sp³-hybridized carbons (Fsp3) is 0.529. The number of nitrogens with zero attached hydrogens (tertiary/aromatic N) is 3. The van der Waals surface area contributed by atoms with Gasteiger partial charge in [-0.25, -0.2) is 4.39 Å². The van der Waals surface area contributed by atoms with Gasteiger partial charge < -0.3 is 10.2 Å². The van der Waals surface area contributed by atoms with Crippen LogP contribution in [-0.2, 0) is 4.79 Å². The van der Waals surface area contributed by atoms with Gasteiger partial charge in [-0.3, -0.25) is 14.6 Å². The Bertz CT molecular complexity index is 709. The molecule has 1 aromatic heterocycles. The molecule has 3 rings (SSSR count). The first kappa shape index (κ1) is 16.4. The third-order valence-electron chi connectivity index (χ3n) is 4.48. The van der Waals surface area contributed by atoms with E-state index in [2.05, 4.69) is 10.3 Å². The molecule has 126 valence electrons. The van der Waals surface area contributed by atoms with Crippen LogP contribution in [0.1, 0.15) is 48.0 Å². The van der Waals surface area contributed by atoms with Gasteiger partial charge in [0.1, 0.15) is 11.7 Å².